The van der Waals surface area contributed by atoms with Gasteiger partial charge in [-0.3, -0.25) is 4.79 Å². The second-order valence-corrected chi connectivity index (χ2v) is 4.35. The molecule has 1 amide bonds. The van der Waals surface area contributed by atoms with Gasteiger partial charge in [0.15, 0.2) is 0 Å². The Morgan fingerprint density at radius 1 is 1.47 bits per heavy atom. The molecule has 0 bridgehead atoms. The van der Waals surface area contributed by atoms with Gasteiger partial charge in [-0.15, -0.1) is 0 Å². The molecule has 0 aliphatic carbocycles. The first-order chi connectivity index (χ1) is 7.06. The number of alkyl halides is 1. The third-order valence-electron chi connectivity index (χ3n) is 2.17. The fraction of sp³-hybridized carbons (Fsp3) is 0.364. The Kier molecular flexibility index (Phi) is 4.27. The molecule has 1 aromatic carbocycles. The van der Waals surface area contributed by atoms with Gasteiger partial charge in [0.05, 0.1) is 4.83 Å². The molecule has 15 heavy (non-hydrogen) atoms. The van der Waals surface area contributed by atoms with Crippen LogP contribution in [0, 0.1) is 5.82 Å². The Bertz CT molecular complexity index is 339. The minimum atomic E-state index is -0.300. The maximum Gasteiger partial charge on any atom is 0.240 e. The van der Waals surface area contributed by atoms with Crippen molar-refractivity contribution in [3.63, 3.8) is 0 Å². The molecule has 0 N–H and O–H groups in total. The minimum Gasteiger partial charge on any atom is -0.315 e. The van der Waals surface area contributed by atoms with Crippen LogP contribution in [0.2, 0.25) is 0 Å². The number of benzene rings is 1. The molecule has 1 aromatic rings. The molecule has 0 radical (unpaired) electrons. The summed E-state index contributed by atoms with van der Waals surface area (Å²) < 4.78 is 12.7. The molecule has 82 valence electrons. The van der Waals surface area contributed by atoms with Gasteiger partial charge in [-0.2, -0.15) is 0 Å². The van der Waals surface area contributed by atoms with Gasteiger partial charge in [0.25, 0.3) is 0 Å². The predicted octanol–water partition coefficient (Wildman–Crippen LogP) is 2.96. The number of carbonyl (C=O) groups excluding carboxylic acids is 1. The molecule has 0 saturated carbocycles. The van der Waals surface area contributed by atoms with Crippen LogP contribution >= 0.6 is 15.9 Å². The van der Waals surface area contributed by atoms with Crippen LogP contribution in [0.1, 0.15) is 13.3 Å². The van der Waals surface area contributed by atoms with Crippen molar-refractivity contribution in [3.05, 3.63) is 30.1 Å². The smallest absolute Gasteiger partial charge is 0.240 e. The van der Waals surface area contributed by atoms with Gasteiger partial charge in [-0.25, -0.2) is 4.39 Å². The summed E-state index contributed by atoms with van der Waals surface area (Å²) in [5, 5.41) is 0. The molecule has 1 rings (SSSR count). The van der Waals surface area contributed by atoms with Crippen molar-refractivity contribution in [1.29, 1.82) is 0 Å². The molecule has 1 atom stereocenters. The molecule has 4 heteroatoms. The fourth-order valence-electron chi connectivity index (χ4n) is 1.18. The number of hydrogen-bond acceptors (Lipinski definition) is 1. The summed E-state index contributed by atoms with van der Waals surface area (Å²) in [6.45, 7) is 1.93. The lowest BCUT2D eigenvalue weighted by Gasteiger charge is -2.19. The SMILES string of the molecule is CC[C@@H](Br)C(=O)N(C)c1ccc(F)cc1. The van der Waals surface area contributed by atoms with Gasteiger partial charge in [0.2, 0.25) is 5.91 Å². The van der Waals surface area contributed by atoms with Gasteiger partial charge in [0.1, 0.15) is 5.82 Å². The summed E-state index contributed by atoms with van der Waals surface area (Å²) in [5.74, 6) is -0.324. The first-order valence-electron chi connectivity index (χ1n) is 4.73. The molecule has 0 saturated heterocycles. The van der Waals surface area contributed by atoms with E-state index in [0.29, 0.717) is 5.69 Å². The molecule has 0 aliphatic heterocycles. The van der Waals surface area contributed by atoms with E-state index in [9.17, 15) is 9.18 Å². The second-order valence-electron chi connectivity index (χ2n) is 3.25. The Morgan fingerprint density at radius 2 is 2.00 bits per heavy atom. The zero-order valence-electron chi connectivity index (χ0n) is 8.71. The summed E-state index contributed by atoms with van der Waals surface area (Å²) in [7, 11) is 1.68. The van der Waals surface area contributed by atoms with E-state index < -0.39 is 0 Å². The van der Waals surface area contributed by atoms with Crippen LogP contribution in [-0.2, 0) is 4.79 Å². The lowest BCUT2D eigenvalue weighted by atomic mass is 10.2. The van der Waals surface area contributed by atoms with Gasteiger partial charge in [-0.05, 0) is 30.7 Å². The highest BCUT2D eigenvalue weighted by Gasteiger charge is 2.18. The van der Waals surface area contributed by atoms with Crippen LogP contribution in [-0.4, -0.2) is 17.8 Å². The zero-order valence-corrected chi connectivity index (χ0v) is 10.3. The molecule has 0 unspecified atom stereocenters. The summed E-state index contributed by atoms with van der Waals surface area (Å²) in [6, 6.07) is 5.85. The van der Waals surface area contributed by atoms with Gasteiger partial charge in [0, 0.05) is 12.7 Å². The third-order valence-corrected chi connectivity index (χ3v) is 3.21. The highest BCUT2D eigenvalue weighted by atomic mass is 79.9. The standard InChI is InChI=1S/C11H13BrFNO/c1-3-10(12)11(15)14(2)9-6-4-8(13)5-7-9/h4-7,10H,3H2,1-2H3/t10-/m1/s1. The lowest BCUT2D eigenvalue weighted by Crippen LogP contribution is -2.32. The molecule has 0 heterocycles. The van der Waals surface area contributed by atoms with Crippen molar-refractivity contribution in [2.45, 2.75) is 18.2 Å². The maximum absolute atomic E-state index is 12.7. The summed E-state index contributed by atoms with van der Waals surface area (Å²) in [4.78, 5) is 13.1. The minimum absolute atomic E-state index is 0.0240. The highest BCUT2D eigenvalue weighted by Crippen LogP contribution is 2.17. The number of anilines is 1. The average molecular weight is 274 g/mol. The molecule has 0 aliphatic rings. The maximum atomic E-state index is 12.7. The highest BCUT2D eigenvalue weighted by molar-refractivity contribution is 9.10. The Labute approximate surface area is 97.2 Å². The van der Waals surface area contributed by atoms with Crippen molar-refractivity contribution < 1.29 is 9.18 Å². The summed E-state index contributed by atoms with van der Waals surface area (Å²) in [6.07, 6.45) is 0.727. The average Bonchev–Trinajstić information content (AvgIpc) is 2.27. The van der Waals surface area contributed by atoms with E-state index in [1.54, 1.807) is 19.2 Å². The lowest BCUT2D eigenvalue weighted by molar-refractivity contribution is -0.117. The van der Waals surface area contributed by atoms with Crippen LogP contribution in [0.5, 0.6) is 0 Å². The predicted molar refractivity (Wildman–Crippen MR) is 62.8 cm³/mol. The monoisotopic (exact) mass is 273 g/mol. The Balaban J connectivity index is 2.80. The summed E-state index contributed by atoms with van der Waals surface area (Å²) >= 11 is 3.29. The van der Waals surface area contributed by atoms with Crippen LogP contribution in [0.3, 0.4) is 0 Å². The Morgan fingerprint density at radius 3 is 2.47 bits per heavy atom. The van der Waals surface area contributed by atoms with Crippen molar-refractivity contribution in [2.24, 2.45) is 0 Å². The topological polar surface area (TPSA) is 20.3 Å². The van der Waals surface area contributed by atoms with E-state index in [1.807, 2.05) is 6.92 Å². The van der Waals surface area contributed by atoms with Crippen molar-refractivity contribution >= 4 is 27.5 Å². The third kappa shape index (κ3) is 3.02. The van der Waals surface area contributed by atoms with Gasteiger partial charge >= 0.3 is 0 Å². The van der Waals surface area contributed by atoms with Gasteiger partial charge in [-0.1, -0.05) is 22.9 Å². The Hall–Kier alpha value is -0.900. The first-order valence-corrected chi connectivity index (χ1v) is 5.65. The molecule has 0 fully saturated rings. The molecular weight excluding hydrogens is 261 g/mol. The zero-order chi connectivity index (χ0) is 11.4. The van der Waals surface area contributed by atoms with E-state index in [2.05, 4.69) is 15.9 Å². The largest absolute Gasteiger partial charge is 0.315 e. The number of hydrogen-bond donors (Lipinski definition) is 0. The van der Waals surface area contributed by atoms with E-state index >= 15 is 0 Å². The molecule has 0 aromatic heterocycles. The van der Waals surface area contributed by atoms with Crippen molar-refractivity contribution in [2.75, 3.05) is 11.9 Å². The number of nitrogens with zero attached hydrogens (tertiary/aromatic N) is 1. The summed E-state index contributed by atoms with van der Waals surface area (Å²) in [5.41, 5.74) is 0.694. The van der Waals surface area contributed by atoms with Crippen LogP contribution in [0.4, 0.5) is 10.1 Å². The number of carbonyl (C=O) groups is 1. The number of rotatable bonds is 3. The molecular formula is C11H13BrFNO. The quantitative estimate of drug-likeness (QED) is 0.776. The van der Waals surface area contributed by atoms with Gasteiger partial charge < -0.3 is 4.90 Å². The normalized spacial score (nSPS) is 12.3. The number of amides is 1. The van der Waals surface area contributed by atoms with E-state index in [-0.39, 0.29) is 16.6 Å². The van der Waals surface area contributed by atoms with Crippen LogP contribution < -0.4 is 4.90 Å². The molecule has 0 spiro atoms. The van der Waals surface area contributed by atoms with E-state index in [4.69, 9.17) is 0 Å². The second kappa shape index (κ2) is 5.26. The van der Waals surface area contributed by atoms with Crippen molar-refractivity contribution in [3.8, 4) is 0 Å². The van der Waals surface area contributed by atoms with E-state index in [0.717, 1.165) is 6.42 Å². The fourth-order valence-corrected chi connectivity index (χ4v) is 1.48. The first kappa shape index (κ1) is 12.2. The molecule has 2 nitrogen and oxygen atoms in total. The van der Waals surface area contributed by atoms with Crippen LogP contribution in [0.15, 0.2) is 24.3 Å². The van der Waals surface area contributed by atoms with Crippen molar-refractivity contribution in [1.82, 2.24) is 0 Å². The van der Waals surface area contributed by atoms with E-state index in [1.165, 1.54) is 17.0 Å². The number of halogens is 2. The van der Waals surface area contributed by atoms with Crippen LogP contribution in [0.25, 0.3) is 0 Å².